The fourth-order valence-corrected chi connectivity index (χ4v) is 1.47. The Kier molecular flexibility index (Phi) is 3.91. The number of hydrogen-bond acceptors (Lipinski definition) is 3. The Morgan fingerprint density at radius 2 is 1.94 bits per heavy atom. The third kappa shape index (κ3) is 3.31. The van der Waals surface area contributed by atoms with Gasteiger partial charge in [0.05, 0.1) is 0 Å². The summed E-state index contributed by atoms with van der Waals surface area (Å²) in [5, 5.41) is 2.59. The van der Waals surface area contributed by atoms with Gasteiger partial charge in [-0.25, -0.2) is 9.78 Å². The predicted octanol–water partition coefficient (Wildman–Crippen LogP) is 3.25. The fourth-order valence-electron chi connectivity index (χ4n) is 1.47. The predicted molar refractivity (Wildman–Crippen MR) is 69.7 cm³/mol. The first-order chi connectivity index (χ1) is 8.78. The number of aromatic nitrogens is 1. The third-order valence-electron chi connectivity index (χ3n) is 2.35. The van der Waals surface area contributed by atoms with Gasteiger partial charge < -0.3 is 4.74 Å². The SMILES string of the molecule is CCc1cccc(NC(=O)Oc2ccccc2)n1. The van der Waals surface area contributed by atoms with E-state index in [9.17, 15) is 4.79 Å². The fraction of sp³-hybridized carbons (Fsp3) is 0.143. The van der Waals surface area contributed by atoms with Crippen molar-refractivity contribution in [2.75, 3.05) is 5.32 Å². The summed E-state index contributed by atoms with van der Waals surface area (Å²) in [4.78, 5) is 15.9. The van der Waals surface area contributed by atoms with Gasteiger partial charge in [-0.1, -0.05) is 31.2 Å². The van der Waals surface area contributed by atoms with Crippen LogP contribution in [0.4, 0.5) is 10.6 Å². The molecule has 0 aliphatic rings. The van der Waals surface area contributed by atoms with Gasteiger partial charge >= 0.3 is 6.09 Å². The lowest BCUT2D eigenvalue weighted by atomic mass is 10.3. The molecule has 1 amide bonds. The van der Waals surface area contributed by atoms with Crippen LogP contribution >= 0.6 is 0 Å². The summed E-state index contributed by atoms with van der Waals surface area (Å²) in [6.07, 6.45) is 0.283. The van der Waals surface area contributed by atoms with E-state index in [0.717, 1.165) is 12.1 Å². The Morgan fingerprint density at radius 1 is 1.17 bits per heavy atom. The smallest absolute Gasteiger partial charge is 0.410 e. The topological polar surface area (TPSA) is 51.2 Å². The number of para-hydroxylation sites is 1. The molecule has 2 aromatic rings. The van der Waals surface area contributed by atoms with Crippen LogP contribution in [0.25, 0.3) is 0 Å². The highest BCUT2D eigenvalue weighted by Crippen LogP contribution is 2.10. The highest BCUT2D eigenvalue weighted by molar-refractivity contribution is 5.85. The number of rotatable bonds is 3. The van der Waals surface area contributed by atoms with Crippen LogP contribution < -0.4 is 10.1 Å². The molecular weight excluding hydrogens is 228 g/mol. The molecule has 0 unspecified atom stereocenters. The van der Waals surface area contributed by atoms with Crippen molar-refractivity contribution in [1.29, 1.82) is 0 Å². The van der Waals surface area contributed by atoms with Crippen molar-refractivity contribution in [1.82, 2.24) is 4.98 Å². The van der Waals surface area contributed by atoms with E-state index in [1.165, 1.54) is 0 Å². The minimum Gasteiger partial charge on any atom is -0.410 e. The largest absolute Gasteiger partial charge is 0.418 e. The highest BCUT2D eigenvalue weighted by Gasteiger charge is 2.05. The zero-order chi connectivity index (χ0) is 12.8. The summed E-state index contributed by atoms with van der Waals surface area (Å²) in [7, 11) is 0. The first kappa shape index (κ1) is 12.1. The maximum absolute atomic E-state index is 11.6. The van der Waals surface area contributed by atoms with Crippen molar-refractivity contribution >= 4 is 11.9 Å². The van der Waals surface area contributed by atoms with E-state index in [1.807, 2.05) is 25.1 Å². The van der Waals surface area contributed by atoms with Gasteiger partial charge in [0.25, 0.3) is 0 Å². The first-order valence-corrected chi connectivity index (χ1v) is 5.77. The second-order valence-electron chi connectivity index (χ2n) is 3.70. The molecule has 0 atom stereocenters. The van der Waals surface area contributed by atoms with Gasteiger partial charge in [-0.2, -0.15) is 0 Å². The summed E-state index contributed by atoms with van der Waals surface area (Å²) in [6.45, 7) is 2.01. The van der Waals surface area contributed by atoms with Gasteiger partial charge in [0, 0.05) is 5.69 Å². The Morgan fingerprint density at radius 3 is 2.67 bits per heavy atom. The molecule has 0 saturated carbocycles. The van der Waals surface area contributed by atoms with Crippen LogP contribution in [0, 0.1) is 0 Å². The summed E-state index contributed by atoms with van der Waals surface area (Å²) in [6, 6.07) is 14.4. The van der Waals surface area contributed by atoms with Crippen molar-refractivity contribution in [2.45, 2.75) is 13.3 Å². The summed E-state index contributed by atoms with van der Waals surface area (Å²) in [5.41, 5.74) is 0.924. The number of anilines is 1. The van der Waals surface area contributed by atoms with Crippen LogP contribution in [0.15, 0.2) is 48.5 Å². The average Bonchev–Trinajstić information content (AvgIpc) is 2.40. The molecule has 92 valence electrons. The Balaban J connectivity index is 1.99. The molecule has 0 aliphatic heterocycles. The van der Waals surface area contributed by atoms with Crippen LogP contribution in [0.5, 0.6) is 5.75 Å². The number of amides is 1. The molecule has 0 aliphatic carbocycles. The summed E-state index contributed by atoms with van der Waals surface area (Å²) < 4.78 is 5.10. The molecule has 2 rings (SSSR count). The second kappa shape index (κ2) is 5.82. The number of nitrogens with zero attached hydrogens (tertiary/aromatic N) is 1. The minimum atomic E-state index is -0.540. The zero-order valence-electron chi connectivity index (χ0n) is 10.1. The van der Waals surface area contributed by atoms with Crippen molar-refractivity contribution < 1.29 is 9.53 Å². The first-order valence-electron chi connectivity index (χ1n) is 5.77. The van der Waals surface area contributed by atoms with E-state index < -0.39 is 6.09 Å². The third-order valence-corrected chi connectivity index (χ3v) is 2.35. The molecule has 0 bridgehead atoms. The minimum absolute atomic E-state index is 0.496. The molecule has 0 fully saturated rings. The van der Waals surface area contributed by atoms with Crippen LogP contribution in [-0.4, -0.2) is 11.1 Å². The number of carbonyl (C=O) groups is 1. The van der Waals surface area contributed by atoms with Crippen molar-refractivity contribution in [2.24, 2.45) is 0 Å². The summed E-state index contributed by atoms with van der Waals surface area (Å²) >= 11 is 0. The highest BCUT2D eigenvalue weighted by atomic mass is 16.6. The lowest BCUT2D eigenvalue weighted by Gasteiger charge is -2.06. The zero-order valence-corrected chi connectivity index (χ0v) is 10.1. The van der Waals surface area contributed by atoms with Gasteiger partial charge in [-0.15, -0.1) is 0 Å². The number of carbonyl (C=O) groups excluding carboxylic acids is 1. The number of ether oxygens (including phenoxy) is 1. The van der Waals surface area contributed by atoms with Gasteiger partial charge in [0.1, 0.15) is 11.6 Å². The molecule has 1 aromatic carbocycles. The van der Waals surface area contributed by atoms with Crippen LogP contribution in [0.2, 0.25) is 0 Å². The average molecular weight is 242 g/mol. The Labute approximate surface area is 106 Å². The van der Waals surface area contributed by atoms with Crippen LogP contribution in [-0.2, 0) is 6.42 Å². The molecule has 0 saturated heterocycles. The molecule has 1 heterocycles. The Hall–Kier alpha value is -2.36. The number of hydrogen-bond donors (Lipinski definition) is 1. The van der Waals surface area contributed by atoms with Gasteiger partial charge in [0.2, 0.25) is 0 Å². The molecular formula is C14H14N2O2. The van der Waals surface area contributed by atoms with Crippen molar-refractivity contribution in [3.05, 3.63) is 54.2 Å². The van der Waals surface area contributed by atoms with Crippen molar-refractivity contribution in [3.8, 4) is 5.75 Å². The van der Waals surface area contributed by atoms with E-state index >= 15 is 0 Å². The van der Waals surface area contributed by atoms with E-state index in [-0.39, 0.29) is 0 Å². The standard InChI is InChI=1S/C14H14N2O2/c1-2-11-7-6-10-13(15-11)16-14(17)18-12-8-4-3-5-9-12/h3-10H,2H2,1H3,(H,15,16,17). The number of benzene rings is 1. The number of pyridine rings is 1. The molecule has 18 heavy (non-hydrogen) atoms. The van der Waals surface area contributed by atoms with Crippen LogP contribution in [0.1, 0.15) is 12.6 Å². The number of aryl methyl sites for hydroxylation is 1. The number of nitrogens with one attached hydrogen (secondary N) is 1. The summed E-state index contributed by atoms with van der Waals surface area (Å²) in [5.74, 6) is 0.997. The van der Waals surface area contributed by atoms with Gasteiger partial charge in [0.15, 0.2) is 0 Å². The molecule has 0 spiro atoms. The molecule has 1 aromatic heterocycles. The molecule has 1 N–H and O–H groups in total. The van der Waals surface area contributed by atoms with Gasteiger partial charge in [-0.05, 0) is 30.7 Å². The van der Waals surface area contributed by atoms with E-state index in [2.05, 4.69) is 10.3 Å². The van der Waals surface area contributed by atoms with E-state index in [0.29, 0.717) is 11.6 Å². The second-order valence-corrected chi connectivity index (χ2v) is 3.70. The lowest BCUT2D eigenvalue weighted by Crippen LogP contribution is -2.17. The molecule has 4 nitrogen and oxygen atoms in total. The maximum Gasteiger partial charge on any atom is 0.418 e. The molecule has 4 heteroatoms. The van der Waals surface area contributed by atoms with Crippen molar-refractivity contribution in [3.63, 3.8) is 0 Å². The normalized spacial score (nSPS) is 9.83. The maximum atomic E-state index is 11.6. The monoisotopic (exact) mass is 242 g/mol. The molecule has 0 radical (unpaired) electrons. The van der Waals surface area contributed by atoms with Crippen LogP contribution in [0.3, 0.4) is 0 Å². The lowest BCUT2D eigenvalue weighted by molar-refractivity contribution is 0.215. The quantitative estimate of drug-likeness (QED) is 0.898. The Bertz CT molecular complexity index is 526. The van der Waals surface area contributed by atoms with E-state index in [4.69, 9.17) is 4.74 Å². The van der Waals surface area contributed by atoms with Gasteiger partial charge in [-0.3, -0.25) is 5.32 Å². The van der Waals surface area contributed by atoms with E-state index in [1.54, 1.807) is 30.3 Å².